The Balaban J connectivity index is 1.26. The first-order valence-corrected chi connectivity index (χ1v) is 10.8. The number of furan rings is 1. The molecule has 1 amide bonds. The minimum atomic E-state index is 0.235. The average molecular weight is 379 g/mol. The van der Waals surface area contributed by atoms with Crippen LogP contribution < -0.4 is 5.32 Å². The van der Waals surface area contributed by atoms with E-state index in [9.17, 15) is 4.79 Å². The molecule has 1 aliphatic heterocycles. The zero-order chi connectivity index (χ0) is 19.0. The third-order valence-electron chi connectivity index (χ3n) is 7.10. The fourth-order valence-electron chi connectivity index (χ4n) is 5.32. The van der Waals surface area contributed by atoms with Crippen LogP contribution in [0.25, 0.3) is 0 Å². The van der Waals surface area contributed by atoms with Crippen LogP contribution in [-0.2, 0) is 16.8 Å². The highest BCUT2D eigenvalue weighted by molar-refractivity contribution is 5.77. The zero-order valence-corrected chi connectivity index (χ0v) is 16.5. The summed E-state index contributed by atoms with van der Waals surface area (Å²) in [7, 11) is 0. The summed E-state index contributed by atoms with van der Waals surface area (Å²) in [5, 5.41) is 3.17. The van der Waals surface area contributed by atoms with Gasteiger partial charge in [-0.1, -0.05) is 24.3 Å². The Bertz CT molecular complexity index is 817. The number of amides is 1. The lowest BCUT2D eigenvalue weighted by molar-refractivity contribution is -0.121. The molecule has 1 aromatic heterocycles. The number of carbonyl (C=O) groups is 1. The molecule has 4 heteroatoms. The Labute approximate surface area is 167 Å². The molecule has 0 bridgehead atoms. The summed E-state index contributed by atoms with van der Waals surface area (Å²) in [4.78, 5) is 15.0. The third-order valence-corrected chi connectivity index (χ3v) is 7.10. The number of piperidine rings is 1. The highest BCUT2D eigenvalue weighted by atomic mass is 16.3. The molecular formula is C24H30N2O2. The monoisotopic (exact) mass is 378 g/mol. The number of hydrogen-bond donors (Lipinski definition) is 1. The van der Waals surface area contributed by atoms with Crippen LogP contribution in [0.1, 0.15) is 61.3 Å². The predicted octanol–water partition coefficient (Wildman–Crippen LogP) is 4.22. The van der Waals surface area contributed by atoms with Gasteiger partial charge in [-0.3, -0.25) is 9.69 Å². The molecule has 2 aromatic rings. The molecule has 3 aliphatic rings. The number of fused-ring (bicyclic) bond motifs is 2. The molecule has 5 rings (SSSR count). The van der Waals surface area contributed by atoms with Crippen LogP contribution in [0.5, 0.6) is 0 Å². The molecule has 2 aliphatic carbocycles. The van der Waals surface area contributed by atoms with Gasteiger partial charge >= 0.3 is 0 Å². The van der Waals surface area contributed by atoms with Crippen molar-refractivity contribution in [3.8, 4) is 0 Å². The summed E-state index contributed by atoms with van der Waals surface area (Å²) in [6, 6.07) is 12.9. The molecule has 1 saturated heterocycles. The van der Waals surface area contributed by atoms with Gasteiger partial charge in [-0.25, -0.2) is 0 Å². The summed E-state index contributed by atoms with van der Waals surface area (Å²) in [5.74, 6) is 2.39. The summed E-state index contributed by atoms with van der Waals surface area (Å²) in [5.41, 5.74) is 3.17. The van der Waals surface area contributed by atoms with Crippen LogP contribution in [0.2, 0.25) is 0 Å². The number of nitrogens with zero attached hydrogens (tertiary/aromatic N) is 1. The summed E-state index contributed by atoms with van der Waals surface area (Å²) >= 11 is 0. The highest BCUT2D eigenvalue weighted by Crippen LogP contribution is 2.52. The standard InChI is InChI=1S/C24H30N2O2/c27-23(25-16-18-7-8-18)14-19-15-24(22-6-2-1-5-21(19)22)9-11-26(12-10-24)17-20-4-3-13-28-20/h1-6,13,18-19H,7-12,14-17H2,(H,25,27)/t19-/m1/s1. The fraction of sp³-hybridized carbons (Fsp3) is 0.542. The fourth-order valence-corrected chi connectivity index (χ4v) is 5.32. The number of carbonyl (C=O) groups excluding carboxylic acids is 1. The van der Waals surface area contributed by atoms with E-state index < -0.39 is 0 Å². The summed E-state index contributed by atoms with van der Waals surface area (Å²) in [6.07, 6.45) is 8.43. The van der Waals surface area contributed by atoms with E-state index in [1.54, 1.807) is 6.26 Å². The number of rotatable bonds is 6. The molecule has 4 nitrogen and oxygen atoms in total. The maximum absolute atomic E-state index is 12.5. The largest absolute Gasteiger partial charge is 0.468 e. The van der Waals surface area contributed by atoms with Crippen molar-refractivity contribution >= 4 is 5.91 Å². The molecule has 0 unspecified atom stereocenters. The average Bonchev–Trinajstić information content (AvgIpc) is 3.33. The predicted molar refractivity (Wildman–Crippen MR) is 109 cm³/mol. The van der Waals surface area contributed by atoms with E-state index in [4.69, 9.17) is 4.42 Å². The van der Waals surface area contributed by atoms with E-state index in [1.165, 1.54) is 36.8 Å². The third kappa shape index (κ3) is 3.62. The van der Waals surface area contributed by atoms with E-state index in [2.05, 4.69) is 40.5 Å². The summed E-state index contributed by atoms with van der Waals surface area (Å²) in [6.45, 7) is 3.96. The quantitative estimate of drug-likeness (QED) is 0.819. The molecule has 1 saturated carbocycles. The van der Waals surface area contributed by atoms with Crippen molar-refractivity contribution in [1.29, 1.82) is 0 Å². The molecule has 1 aromatic carbocycles. The van der Waals surface area contributed by atoms with Crippen molar-refractivity contribution in [3.63, 3.8) is 0 Å². The van der Waals surface area contributed by atoms with Crippen LogP contribution in [0.3, 0.4) is 0 Å². The van der Waals surface area contributed by atoms with Gasteiger partial charge in [0.25, 0.3) is 0 Å². The van der Waals surface area contributed by atoms with Crippen molar-refractivity contribution in [1.82, 2.24) is 10.2 Å². The van der Waals surface area contributed by atoms with Gasteiger partial charge in [0, 0.05) is 13.0 Å². The Kier molecular flexibility index (Phi) is 4.75. The van der Waals surface area contributed by atoms with Gasteiger partial charge in [-0.2, -0.15) is 0 Å². The van der Waals surface area contributed by atoms with Crippen molar-refractivity contribution < 1.29 is 9.21 Å². The van der Waals surface area contributed by atoms with Crippen LogP contribution in [-0.4, -0.2) is 30.4 Å². The first-order valence-electron chi connectivity index (χ1n) is 10.8. The highest BCUT2D eigenvalue weighted by Gasteiger charge is 2.45. The first kappa shape index (κ1) is 18.0. The van der Waals surface area contributed by atoms with Gasteiger partial charge in [0.1, 0.15) is 5.76 Å². The van der Waals surface area contributed by atoms with Crippen LogP contribution in [0.4, 0.5) is 0 Å². The molecule has 1 spiro atoms. The van der Waals surface area contributed by atoms with Crippen LogP contribution in [0.15, 0.2) is 47.1 Å². The first-order chi connectivity index (χ1) is 13.7. The topological polar surface area (TPSA) is 45.5 Å². The van der Waals surface area contributed by atoms with Gasteiger partial charge in [-0.05, 0) is 85.7 Å². The van der Waals surface area contributed by atoms with Crippen molar-refractivity contribution in [2.45, 2.75) is 56.4 Å². The van der Waals surface area contributed by atoms with Crippen molar-refractivity contribution in [2.75, 3.05) is 19.6 Å². The Hall–Kier alpha value is -2.07. The Morgan fingerprint density at radius 2 is 1.96 bits per heavy atom. The maximum atomic E-state index is 12.5. The zero-order valence-electron chi connectivity index (χ0n) is 16.5. The number of benzene rings is 1. The second-order valence-corrected chi connectivity index (χ2v) is 9.08. The molecule has 0 radical (unpaired) electrons. The smallest absolute Gasteiger partial charge is 0.220 e. The lowest BCUT2D eigenvalue weighted by Gasteiger charge is -2.40. The van der Waals surface area contributed by atoms with Crippen LogP contribution >= 0.6 is 0 Å². The summed E-state index contributed by atoms with van der Waals surface area (Å²) < 4.78 is 5.53. The van der Waals surface area contributed by atoms with Gasteiger partial charge in [0.05, 0.1) is 12.8 Å². The van der Waals surface area contributed by atoms with E-state index in [-0.39, 0.29) is 11.3 Å². The molecule has 2 heterocycles. The minimum Gasteiger partial charge on any atom is -0.468 e. The number of likely N-dealkylation sites (tertiary alicyclic amines) is 1. The van der Waals surface area contributed by atoms with E-state index >= 15 is 0 Å². The second-order valence-electron chi connectivity index (χ2n) is 9.08. The number of nitrogens with one attached hydrogen (secondary N) is 1. The Morgan fingerprint density at radius 3 is 2.71 bits per heavy atom. The lowest BCUT2D eigenvalue weighted by atomic mass is 9.73. The normalized spacial score (nSPS) is 23.6. The molecule has 1 atom stereocenters. The van der Waals surface area contributed by atoms with Gasteiger partial charge in [0.15, 0.2) is 0 Å². The van der Waals surface area contributed by atoms with Gasteiger partial charge < -0.3 is 9.73 Å². The van der Waals surface area contributed by atoms with E-state index in [1.807, 2.05) is 6.07 Å². The molecule has 148 valence electrons. The minimum absolute atomic E-state index is 0.235. The van der Waals surface area contributed by atoms with Gasteiger partial charge in [-0.15, -0.1) is 0 Å². The van der Waals surface area contributed by atoms with Crippen molar-refractivity contribution in [3.05, 3.63) is 59.5 Å². The molecule has 28 heavy (non-hydrogen) atoms. The number of hydrogen-bond acceptors (Lipinski definition) is 3. The molecular weight excluding hydrogens is 348 g/mol. The van der Waals surface area contributed by atoms with E-state index in [0.717, 1.165) is 44.3 Å². The van der Waals surface area contributed by atoms with E-state index in [0.29, 0.717) is 12.3 Å². The second kappa shape index (κ2) is 7.40. The maximum Gasteiger partial charge on any atom is 0.220 e. The SMILES string of the molecule is O=C(C[C@@H]1CC2(CCN(Cc3ccco3)CC2)c2ccccc21)NCC1CC1. The van der Waals surface area contributed by atoms with Crippen LogP contribution in [0, 0.1) is 5.92 Å². The van der Waals surface area contributed by atoms with Crippen molar-refractivity contribution in [2.24, 2.45) is 5.92 Å². The van der Waals surface area contributed by atoms with Gasteiger partial charge in [0.2, 0.25) is 5.91 Å². The molecule has 1 N–H and O–H groups in total. The molecule has 2 fully saturated rings. The lowest BCUT2D eigenvalue weighted by Crippen LogP contribution is -2.41. The Morgan fingerprint density at radius 1 is 1.14 bits per heavy atom.